The van der Waals surface area contributed by atoms with Gasteiger partial charge in [0.1, 0.15) is 16.1 Å². The number of nitrogens with zero attached hydrogens (tertiary/aromatic N) is 2. The molecule has 2 aromatic rings. The SMILES string of the molecule is Oc1ccc(-c2nc(Cl)c(C3CCCC3)c(Cl)n2)cc1Cl. The monoisotopic (exact) mass is 342 g/mol. The molecule has 21 heavy (non-hydrogen) atoms. The summed E-state index contributed by atoms with van der Waals surface area (Å²) in [7, 11) is 0. The number of rotatable bonds is 2. The van der Waals surface area contributed by atoms with Gasteiger partial charge in [0, 0.05) is 11.1 Å². The number of phenols is 1. The van der Waals surface area contributed by atoms with E-state index in [-0.39, 0.29) is 10.8 Å². The van der Waals surface area contributed by atoms with Crippen molar-refractivity contribution in [2.45, 2.75) is 31.6 Å². The molecule has 1 N–H and O–H groups in total. The van der Waals surface area contributed by atoms with Crippen LogP contribution in [0.4, 0.5) is 0 Å². The second kappa shape index (κ2) is 5.99. The van der Waals surface area contributed by atoms with Crippen molar-refractivity contribution >= 4 is 34.8 Å². The normalized spacial score (nSPS) is 15.6. The van der Waals surface area contributed by atoms with Gasteiger partial charge in [0.2, 0.25) is 0 Å². The fraction of sp³-hybridized carbons (Fsp3) is 0.333. The highest BCUT2D eigenvalue weighted by Crippen LogP contribution is 2.41. The minimum absolute atomic E-state index is 0.0141. The third kappa shape index (κ3) is 2.96. The molecule has 1 fully saturated rings. The number of phenolic OH excluding ortho intramolecular Hbond substituents is 1. The van der Waals surface area contributed by atoms with E-state index in [0.717, 1.165) is 18.4 Å². The van der Waals surface area contributed by atoms with E-state index in [1.165, 1.54) is 18.9 Å². The summed E-state index contributed by atoms with van der Waals surface area (Å²) < 4.78 is 0. The third-order valence-electron chi connectivity index (χ3n) is 3.82. The molecule has 3 nitrogen and oxygen atoms in total. The molecule has 110 valence electrons. The smallest absolute Gasteiger partial charge is 0.162 e. The average Bonchev–Trinajstić information content (AvgIpc) is 2.95. The summed E-state index contributed by atoms with van der Waals surface area (Å²) in [6, 6.07) is 4.76. The fourth-order valence-electron chi connectivity index (χ4n) is 2.74. The Labute approximate surface area is 137 Å². The van der Waals surface area contributed by atoms with Crippen molar-refractivity contribution in [2.24, 2.45) is 0 Å². The van der Waals surface area contributed by atoms with E-state index in [9.17, 15) is 5.11 Å². The summed E-state index contributed by atoms with van der Waals surface area (Å²) in [5.41, 5.74) is 1.52. The van der Waals surface area contributed by atoms with Crippen molar-refractivity contribution in [3.63, 3.8) is 0 Å². The average molecular weight is 344 g/mol. The summed E-state index contributed by atoms with van der Waals surface area (Å²) in [5.74, 6) is 0.774. The molecule has 0 amide bonds. The van der Waals surface area contributed by atoms with Crippen LogP contribution in [0.2, 0.25) is 15.3 Å². The fourth-order valence-corrected chi connectivity index (χ4v) is 3.62. The lowest BCUT2D eigenvalue weighted by Gasteiger charge is -2.14. The van der Waals surface area contributed by atoms with Crippen LogP contribution in [0.1, 0.15) is 37.2 Å². The Kier molecular flexibility index (Phi) is 4.25. The molecule has 1 aliphatic carbocycles. The summed E-state index contributed by atoms with van der Waals surface area (Å²) >= 11 is 18.5. The zero-order valence-electron chi connectivity index (χ0n) is 11.1. The van der Waals surface area contributed by atoms with Crippen LogP contribution < -0.4 is 0 Å². The summed E-state index contributed by atoms with van der Waals surface area (Å²) in [6.45, 7) is 0. The molecule has 1 heterocycles. The Morgan fingerprint density at radius 1 is 1.00 bits per heavy atom. The molecule has 6 heteroatoms. The van der Waals surface area contributed by atoms with Gasteiger partial charge in [0.25, 0.3) is 0 Å². The zero-order valence-corrected chi connectivity index (χ0v) is 13.4. The lowest BCUT2D eigenvalue weighted by Crippen LogP contribution is -2.01. The van der Waals surface area contributed by atoms with Gasteiger partial charge in [-0.2, -0.15) is 0 Å². The Morgan fingerprint density at radius 2 is 1.62 bits per heavy atom. The van der Waals surface area contributed by atoms with Crippen LogP contribution in [0.15, 0.2) is 18.2 Å². The van der Waals surface area contributed by atoms with E-state index >= 15 is 0 Å². The van der Waals surface area contributed by atoms with Crippen LogP contribution in [0, 0.1) is 0 Å². The minimum Gasteiger partial charge on any atom is -0.506 e. The van der Waals surface area contributed by atoms with Crippen LogP contribution in [0.25, 0.3) is 11.4 Å². The van der Waals surface area contributed by atoms with Gasteiger partial charge in [0.15, 0.2) is 5.82 Å². The van der Waals surface area contributed by atoms with Gasteiger partial charge in [-0.25, -0.2) is 9.97 Å². The highest BCUT2D eigenvalue weighted by Gasteiger charge is 2.24. The van der Waals surface area contributed by atoms with Crippen LogP contribution in [0.3, 0.4) is 0 Å². The molecule has 0 aliphatic heterocycles. The number of benzene rings is 1. The maximum absolute atomic E-state index is 9.46. The Bertz CT molecular complexity index is 662. The number of hydrogen-bond donors (Lipinski definition) is 1. The lowest BCUT2D eigenvalue weighted by molar-refractivity contribution is 0.475. The van der Waals surface area contributed by atoms with Crippen molar-refractivity contribution in [1.82, 2.24) is 9.97 Å². The van der Waals surface area contributed by atoms with E-state index in [4.69, 9.17) is 34.8 Å². The van der Waals surface area contributed by atoms with E-state index in [1.807, 2.05) is 0 Å². The third-order valence-corrected chi connectivity index (χ3v) is 4.70. The van der Waals surface area contributed by atoms with Gasteiger partial charge in [-0.1, -0.05) is 47.6 Å². The summed E-state index contributed by atoms with van der Waals surface area (Å²) in [6.07, 6.45) is 4.53. The van der Waals surface area contributed by atoms with Crippen molar-refractivity contribution < 1.29 is 5.11 Å². The van der Waals surface area contributed by atoms with Crippen molar-refractivity contribution in [2.75, 3.05) is 0 Å². The van der Waals surface area contributed by atoms with Gasteiger partial charge >= 0.3 is 0 Å². The number of halogens is 3. The first-order chi connectivity index (χ1) is 10.1. The first-order valence-electron chi connectivity index (χ1n) is 6.78. The van der Waals surface area contributed by atoms with Crippen LogP contribution in [0.5, 0.6) is 5.75 Å². The van der Waals surface area contributed by atoms with E-state index in [0.29, 0.717) is 27.6 Å². The van der Waals surface area contributed by atoms with Crippen molar-refractivity contribution in [3.8, 4) is 17.1 Å². The topological polar surface area (TPSA) is 46.0 Å². The second-order valence-corrected chi connectivity index (χ2v) is 6.31. The van der Waals surface area contributed by atoms with E-state index < -0.39 is 0 Å². The number of aromatic hydroxyl groups is 1. The standard InChI is InChI=1S/C15H13Cl3N2O/c16-10-7-9(5-6-11(10)21)15-19-13(17)12(14(18)20-15)8-3-1-2-4-8/h5-8,21H,1-4H2. The molecule has 0 radical (unpaired) electrons. The number of aromatic nitrogens is 2. The Morgan fingerprint density at radius 3 is 2.19 bits per heavy atom. The summed E-state index contributed by atoms with van der Waals surface area (Å²) in [5, 5.41) is 10.5. The van der Waals surface area contributed by atoms with E-state index in [1.54, 1.807) is 12.1 Å². The molecule has 1 aromatic heterocycles. The predicted octanol–water partition coefficient (Wildman–Crippen LogP) is 5.47. The van der Waals surface area contributed by atoms with Crippen molar-refractivity contribution in [3.05, 3.63) is 39.1 Å². The van der Waals surface area contributed by atoms with Crippen LogP contribution >= 0.6 is 34.8 Å². The van der Waals surface area contributed by atoms with Gasteiger partial charge in [-0.3, -0.25) is 0 Å². The lowest BCUT2D eigenvalue weighted by atomic mass is 10.0. The quantitative estimate of drug-likeness (QED) is 0.736. The highest BCUT2D eigenvalue weighted by atomic mass is 35.5. The maximum Gasteiger partial charge on any atom is 0.162 e. The number of hydrogen-bond acceptors (Lipinski definition) is 3. The Balaban J connectivity index is 2.03. The molecule has 0 bridgehead atoms. The van der Waals surface area contributed by atoms with Crippen LogP contribution in [-0.2, 0) is 0 Å². The molecule has 0 unspecified atom stereocenters. The molecule has 1 aromatic carbocycles. The van der Waals surface area contributed by atoms with Gasteiger partial charge in [-0.15, -0.1) is 0 Å². The maximum atomic E-state index is 9.46. The Hall–Kier alpha value is -1.03. The molecule has 0 spiro atoms. The molecule has 1 aliphatic rings. The molecular weight excluding hydrogens is 331 g/mol. The van der Waals surface area contributed by atoms with Crippen molar-refractivity contribution in [1.29, 1.82) is 0 Å². The molecular formula is C15H13Cl3N2O. The second-order valence-electron chi connectivity index (χ2n) is 5.19. The molecule has 3 rings (SSSR count). The largest absolute Gasteiger partial charge is 0.506 e. The summed E-state index contributed by atoms with van der Waals surface area (Å²) in [4.78, 5) is 8.70. The van der Waals surface area contributed by atoms with Gasteiger partial charge in [0.05, 0.1) is 5.02 Å². The predicted molar refractivity (Wildman–Crippen MR) is 85.4 cm³/mol. The van der Waals surface area contributed by atoms with Gasteiger partial charge < -0.3 is 5.11 Å². The first-order valence-corrected chi connectivity index (χ1v) is 7.91. The van der Waals surface area contributed by atoms with Gasteiger partial charge in [-0.05, 0) is 37.0 Å². The zero-order chi connectivity index (χ0) is 15.0. The minimum atomic E-state index is 0.0141. The van der Waals surface area contributed by atoms with E-state index in [2.05, 4.69) is 9.97 Å². The first kappa shape index (κ1) is 14.9. The highest BCUT2D eigenvalue weighted by molar-refractivity contribution is 6.35. The van der Waals surface area contributed by atoms with Crippen LogP contribution in [-0.4, -0.2) is 15.1 Å². The molecule has 0 atom stereocenters. The molecule has 1 saturated carbocycles. The molecule has 0 saturated heterocycles.